The molecule has 0 aromatic heterocycles. The van der Waals surface area contributed by atoms with Crippen LogP contribution in [0, 0.1) is 11.3 Å². The van der Waals surface area contributed by atoms with Gasteiger partial charge in [-0.15, -0.1) is 0 Å². The van der Waals surface area contributed by atoms with Gasteiger partial charge in [-0.3, -0.25) is 0 Å². The second-order valence-electron chi connectivity index (χ2n) is 7.46. The van der Waals surface area contributed by atoms with E-state index in [1.807, 2.05) is 54.6 Å². The molecule has 4 rings (SSSR count). The molecule has 0 aliphatic rings. The van der Waals surface area contributed by atoms with Crippen LogP contribution < -0.4 is 15.9 Å². The number of benzene rings is 4. The summed E-state index contributed by atoms with van der Waals surface area (Å²) in [5.74, 6) is 0.0376. The molecule has 31 heavy (non-hydrogen) atoms. The molecule has 0 saturated carbocycles. The molecule has 152 valence electrons. The topological polar surface area (TPSA) is 40.9 Å². The molecule has 0 saturated heterocycles. The summed E-state index contributed by atoms with van der Waals surface area (Å²) in [6, 6.07) is 39.8. The molecule has 2 nitrogen and oxygen atoms in total. The number of carbonyl (C=O) groups excluding carboxylic acids is 1. The van der Waals surface area contributed by atoms with Gasteiger partial charge in [0.15, 0.2) is 0 Å². The molecule has 4 aromatic carbocycles. The summed E-state index contributed by atoms with van der Waals surface area (Å²) in [6.07, 6.45) is 0.301. The van der Waals surface area contributed by atoms with Gasteiger partial charge in [0.1, 0.15) is 0 Å². The van der Waals surface area contributed by atoms with E-state index in [1.54, 1.807) is 24.3 Å². The Bertz CT molecular complexity index is 1130. The number of ketones is 1. The zero-order valence-electron chi connectivity index (χ0n) is 16.9. The van der Waals surface area contributed by atoms with Gasteiger partial charge in [0.05, 0.1) is 0 Å². The predicted molar refractivity (Wildman–Crippen MR) is 134 cm³/mol. The first-order valence-corrected chi connectivity index (χ1v) is 14.4. The van der Waals surface area contributed by atoms with Crippen molar-refractivity contribution in [3.05, 3.63) is 126 Å². The summed E-state index contributed by atoms with van der Waals surface area (Å²) in [4.78, 5) is 13.7. The average molecular weight is 486 g/mol. The molecular formula is C27H21BrNOP. The summed E-state index contributed by atoms with van der Waals surface area (Å²) in [7, 11) is 0. The molecule has 0 unspecified atom stereocenters. The monoisotopic (exact) mass is 485 g/mol. The van der Waals surface area contributed by atoms with Crippen molar-refractivity contribution in [1.82, 2.24) is 0 Å². The fourth-order valence-electron chi connectivity index (χ4n) is 4.03. The Labute approximate surface area is 190 Å². The third kappa shape index (κ3) is 3.74. The first-order chi connectivity index (χ1) is 15.1. The summed E-state index contributed by atoms with van der Waals surface area (Å²) < 4.78 is 0. The van der Waals surface area contributed by atoms with Crippen LogP contribution in [0.1, 0.15) is 15.9 Å². The van der Waals surface area contributed by atoms with E-state index in [2.05, 4.69) is 58.0 Å². The molecule has 0 aliphatic carbocycles. The van der Waals surface area contributed by atoms with Crippen molar-refractivity contribution in [2.24, 2.45) is 0 Å². The van der Waals surface area contributed by atoms with E-state index in [1.165, 1.54) is 0 Å². The third-order valence-electron chi connectivity index (χ3n) is 5.66. The van der Waals surface area contributed by atoms with Gasteiger partial charge in [-0.2, -0.15) is 0 Å². The van der Waals surface area contributed by atoms with Crippen LogP contribution in [0.15, 0.2) is 115 Å². The number of rotatable bonds is 6. The SMILES string of the molecule is N#Cc1ccc(C(=O)CP(Br)(c2ccccc2)(c2ccccc2)c2ccccc2)cc1. The van der Waals surface area contributed by atoms with Crippen LogP contribution in [0.3, 0.4) is 0 Å². The van der Waals surface area contributed by atoms with Crippen molar-refractivity contribution in [3.8, 4) is 6.07 Å². The van der Waals surface area contributed by atoms with Crippen molar-refractivity contribution in [1.29, 1.82) is 5.26 Å². The van der Waals surface area contributed by atoms with Gasteiger partial charge in [-0.05, 0) is 0 Å². The Kier molecular flexibility index (Phi) is 5.88. The zero-order valence-corrected chi connectivity index (χ0v) is 19.3. The molecule has 0 radical (unpaired) electrons. The molecule has 4 heteroatoms. The van der Waals surface area contributed by atoms with E-state index in [9.17, 15) is 4.79 Å². The third-order valence-corrected chi connectivity index (χ3v) is 15.1. The Balaban J connectivity index is 1.98. The fraction of sp³-hybridized carbons (Fsp3) is 0.0370. The van der Waals surface area contributed by atoms with Gasteiger partial charge in [0.2, 0.25) is 0 Å². The molecule has 0 heterocycles. The van der Waals surface area contributed by atoms with Crippen molar-refractivity contribution in [3.63, 3.8) is 0 Å². The Morgan fingerprint density at radius 2 is 1.06 bits per heavy atom. The molecular weight excluding hydrogens is 465 g/mol. The molecule has 0 amide bonds. The molecule has 0 N–H and O–H groups in total. The maximum absolute atomic E-state index is 13.7. The number of nitriles is 1. The standard InChI is InChI=1S/C27H21BrNOP/c28-31(24-10-4-1-5-11-24,25-12-6-2-7-13-25,26-14-8-3-9-15-26)21-27(30)23-18-16-22(20-29)17-19-23/h1-19H,21H2. The van der Waals surface area contributed by atoms with Crippen LogP contribution in [-0.4, -0.2) is 11.9 Å². The molecule has 4 aromatic rings. The van der Waals surface area contributed by atoms with Gasteiger partial charge < -0.3 is 0 Å². The number of hydrogen-bond acceptors (Lipinski definition) is 2. The van der Waals surface area contributed by atoms with Crippen molar-refractivity contribution >= 4 is 42.5 Å². The van der Waals surface area contributed by atoms with Crippen molar-refractivity contribution in [2.75, 3.05) is 6.16 Å². The molecule has 0 fully saturated rings. The fourth-order valence-corrected chi connectivity index (χ4v) is 11.4. The molecule has 0 aliphatic heterocycles. The maximum atomic E-state index is 13.7. The molecule has 0 spiro atoms. The summed E-state index contributed by atoms with van der Waals surface area (Å²) >= 11 is 4.30. The number of hydrogen-bond donors (Lipinski definition) is 0. The average Bonchev–Trinajstić information content (AvgIpc) is 2.85. The van der Waals surface area contributed by atoms with Crippen LogP contribution in [0.2, 0.25) is 0 Å². The van der Waals surface area contributed by atoms with Crippen molar-refractivity contribution < 1.29 is 4.79 Å². The van der Waals surface area contributed by atoms with Gasteiger partial charge in [0.25, 0.3) is 0 Å². The number of Topliss-reactive ketones (excluding diaryl/α,β-unsaturated/α-hetero) is 1. The van der Waals surface area contributed by atoms with Gasteiger partial charge in [-0.25, -0.2) is 0 Å². The summed E-state index contributed by atoms with van der Waals surface area (Å²) in [6.45, 7) is 0. The minimum absolute atomic E-state index is 0.0376. The predicted octanol–water partition coefficient (Wildman–Crippen LogP) is 5.58. The van der Waals surface area contributed by atoms with Gasteiger partial charge >= 0.3 is 191 Å². The first-order valence-electron chi connectivity index (χ1n) is 9.99. The number of halogens is 1. The second-order valence-corrected chi connectivity index (χ2v) is 16.4. The number of carbonyl (C=O) groups is 1. The first kappa shape index (κ1) is 21.2. The van der Waals surface area contributed by atoms with E-state index in [0.29, 0.717) is 17.3 Å². The van der Waals surface area contributed by atoms with Crippen LogP contribution in [0.4, 0.5) is 0 Å². The number of nitrogens with zero attached hydrogens (tertiary/aromatic N) is 1. The Morgan fingerprint density at radius 3 is 1.42 bits per heavy atom. The normalized spacial score (nSPS) is 12.3. The van der Waals surface area contributed by atoms with Crippen LogP contribution in [0.5, 0.6) is 0 Å². The second kappa shape index (κ2) is 8.60. The quantitative estimate of drug-likeness (QED) is 0.264. The van der Waals surface area contributed by atoms with Crippen LogP contribution in [0.25, 0.3) is 0 Å². The van der Waals surface area contributed by atoms with E-state index in [-0.39, 0.29) is 5.78 Å². The van der Waals surface area contributed by atoms with E-state index in [4.69, 9.17) is 5.26 Å². The van der Waals surface area contributed by atoms with E-state index in [0.717, 1.165) is 15.9 Å². The Hall–Kier alpha value is -3.05. The van der Waals surface area contributed by atoms with E-state index < -0.39 is 5.31 Å². The minimum atomic E-state index is -3.31. The Morgan fingerprint density at radius 1 is 0.677 bits per heavy atom. The molecule has 0 bridgehead atoms. The van der Waals surface area contributed by atoms with Crippen LogP contribution >= 0.6 is 20.8 Å². The van der Waals surface area contributed by atoms with Crippen molar-refractivity contribution in [2.45, 2.75) is 0 Å². The summed E-state index contributed by atoms with van der Waals surface area (Å²) in [5.41, 5.74) is 1.15. The zero-order chi connectivity index (χ0) is 21.8. The molecule has 0 atom stereocenters. The van der Waals surface area contributed by atoms with Crippen LogP contribution in [-0.2, 0) is 0 Å². The van der Waals surface area contributed by atoms with Gasteiger partial charge in [0, 0.05) is 0 Å². The van der Waals surface area contributed by atoms with E-state index >= 15 is 0 Å². The van der Waals surface area contributed by atoms with Gasteiger partial charge in [-0.1, -0.05) is 0 Å². The summed E-state index contributed by atoms with van der Waals surface area (Å²) in [5, 5.41) is 9.11.